The predicted molar refractivity (Wildman–Crippen MR) is 70.7 cm³/mol. The van der Waals surface area contributed by atoms with Crippen LogP contribution in [0.4, 0.5) is 13.2 Å². The molecule has 20 heavy (non-hydrogen) atoms. The molecular formula is C14H19F3N2O. The molecule has 0 fully saturated rings. The van der Waals surface area contributed by atoms with E-state index in [1.165, 1.54) is 4.90 Å². The maximum atomic E-state index is 12.6. The van der Waals surface area contributed by atoms with E-state index >= 15 is 0 Å². The van der Waals surface area contributed by atoms with Crippen molar-refractivity contribution in [1.82, 2.24) is 4.90 Å². The van der Waals surface area contributed by atoms with Crippen LogP contribution in [0.2, 0.25) is 0 Å². The van der Waals surface area contributed by atoms with Crippen molar-refractivity contribution >= 4 is 0 Å². The first kappa shape index (κ1) is 15.1. The average molecular weight is 288 g/mol. The van der Waals surface area contributed by atoms with Crippen LogP contribution in [0.25, 0.3) is 0 Å². The van der Waals surface area contributed by atoms with Crippen molar-refractivity contribution in [3.8, 4) is 5.75 Å². The summed E-state index contributed by atoms with van der Waals surface area (Å²) in [6.45, 7) is 1.12. The van der Waals surface area contributed by atoms with Gasteiger partial charge < -0.3 is 10.5 Å². The number of ether oxygens (including phenoxy) is 1. The van der Waals surface area contributed by atoms with Gasteiger partial charge in [0, 0.05) is 12.1 Å². The van der Waals surface area contributed by atoms with E-state index in [2.05, 4.69) is 0 Å². The van der Waals surface area contributed by atoms with Crippen molar-refractivity contribution in [2.75, 3.05) is 20.2 Å². The number of hydrogen-bond donors (Lipinski definition) is 1. The van der Waals surface area contributed by atoms with Gasteiger partial charge in [-0.25, -0.2) is 0 Å². The largest absolute Gasteiger partial charge is 0.497 e. The Morgan fingerprint density at radius 2 is 2.10 bits per heavy atom. The summed E-state index contributed by atoms with van der Waals surface area (Å²) in [5.41, 5.74) is 8.03. The number of nitrogens with zero attached hydrogens (tertiary/aromatic N) is 1. The number of nitrogens with two attached hydrogens (primary N) is 1. The molecule has 2 rings (SSSR count). The first-order chi connectivity index (χ1) is 9.35. The fourth-order valence-corrected chi connectivity index (χ4v) is 2.81. The lowest BCUT2D eigenvalue weighted by Gasteiger charge is -2.31. The van der Waals surface area contributed by atoms with Gasteiger partial charge in [0.15, 0.2) is 0 Å². The molecular weight excluding hydrogens is 269 g/mol. The van der Waals surface area contributed by atoms with E-state index < -0.39 is 18.8 Å². The minimum Gasteiger partial charge on any atom is -0.497 e. The van der Waals surface area contributed by atoms with Crippen molar-refractivity contribution in [1.29, 1.82) is 0 Å². The van der Waals surface area contributed by atoms with Gasteiger partial charge in [0.2, 0.25) is 0 Å². The Kier molecular flexibility index (Phi) is 4.25. The fourth-order valence-electron chi connectivity index (χ4n) is 2.81. The SMILES string of the molecule is CCN(CC(F)(F)F)C1Cc2ccc(OC)cc2C1N. The highest BCUT2D eigenvalue weighted by atomic mass is 19.4. The Balaban J connectivity index is 2.20. The Bertz CT molecular complexity index is 476. The number of fused-ring (bicyclic) bond motifs is 1. The van der Waals surface area contributed by atoms with Gasteiger partial charge in [-0.05, 0) is 36.2 Å². The van der Waals surface area contributed by atoms with Crippen molar-refractivity contribution < 1.29 is 17.9 Å². The molecule has 1 aliphatic rings. The fraction of sp³-hybridized carbons (Fsp3) is 0.571. The maximum Gasteiger partial charge on any atom is 0.401 e. The lowest BCUT2D eigenvalue weighted by molar-refractivity contribution is -0.150. The van der Waals surface area contributed by atoms with Crippen LogP contribution in [-0.2, 0) is 6.42 Å². The number of methoxy groups -OCH3 is 1. The molecule has 0 saturated heterocycles. The molecule has 3 nitrogen and oxygen atoms in total. The van der Waals surface area contributed by atoms with Crippen LogP contribution in [-0.4, -0.2) is 37.3 Å². The summed E-state index contributed by atoms with van der Waals surface area (Å²) in [7, 11) is 1.56. The molecule has 112 valence electrons. The number of rotatable bonds is 4. The Morgan fingerprint density at radius 3 is 2.65 bits per heavy atom. The molecule has 0 aliphatic heterocycles. The smallest absolute Gasteiger partial charge is 0.401 e. The third kappa shape index (κ3) is 3.07. The van der Waals surface area contributed by atoms with E-state index in [9.17, 15) is 13.2 Å². The molecule has 6 heteroatoms. The van der Waals surface area contributed by atoms with Crippen LogP contribution in [0.5, 0.6) is 5.75 Å². The molecule has 1 aromatic rings. The molecule has 2 N–H and O–H groups in total. The van der Waals surface area contributed by atoms with Gasteiger partial charge >= 0.3 is 6.18 Å². The highest BCUT2D eigenvalue weighted by Gasteiger charge is 2.39. The van der Waals surface area contributed by atoms with E-state index in [4.69, 9.17) is 10.5 Å². The second-order valence-corrected chi connectivity index (χ2v) is 5.04. The normalized spacial score (nSPS) is 22.1. The quantitative estimate of drug-likeness (QED) is 0.925. The Hall–Kier alpha value is -1.27. The zero-order valence-electron chi connectivity index (χ0n) is 11.6. The van der Waals surface area contributed by atoms with Crippen LogP contribution in [0.1, 0.15) is 24.1 Å². The molecule has 1 aromatic carbocycles. The summed E-state index contributed by atoms with van der Waals surface area (Å²) >= 11 is 0. The average Bonchev–Trinajstić information content (AvgIpc) is 2.72. The zero-order valence-corrected chi connectivity index (χ0v) is 11.6. The van der Waals surface area contributed by atoms with Crippen LogP contribution in [0, 0.1) is 0 Å². The topological polar surface area (TPSA) is 38.5 Å². The molecule has 0 spiro atoms. The van der Waals surface area contributed by atoms with Gasteiger partial charge in [0.1, 0.15) is 5.75 Å². The van der Waals surface area contributed by atoms with Gasteiger partial charge in [-0.3, -0.25) is 4.90 Å². The number of halogens is 3. The lowest BCUT2D eigenvalue weighted by Crippen LogP contribution is -2.45. The summed E-state index contributed by atoms with van der Waals surface area (Å²) in [4.78, 5) is 1.40. The summed E-state index contributed by atoms with van der Waals surface area (Å²) in [5, 5.41) is 0. The summed E-state index contributed by atoms with van der Waals surface area (Å²) in [5.74, 6) is 0.679. The van der Waals surface area contributed by atoms with E-state index in [1.54, 1.807) is 14.0 Å². The maximum absolute atomic E-state index is 12.6. The monoisotopic (exact) mass is 288 g/mol. The van der Waals surface area contributed by atoms with E-state index in [1.807, 2.05) is 18.2 Å². The summed E-state index contributed by atoms with van der Waals surface area (Å²) in [6, 6.07) is 4.79. The van der Waals surface area contributed by atoms with E-state index in [-0.39, 0.29) is 6.04 Å². The van der Waals surface area contributed by atoms with Crippen LogP contribution in [0.3, 0.4) is 0 Å². The Labute approximate surface area is 116 Å². The van der Waals surface area contributed by atoms with Crippen molar-refractivity contribution in [3.05, 3.63) is 29.3 Å². The Morgan fingerprint density at radius 1 is 1.40 bits per heavy atom. The van der Waals surface area contributed by atoms with Crippen LogP contribution >= 0.6 is 0 Å². The standard InChI is InChI=1S/C14H19F3N2O/c1-3-19(8-14(15,16)17)12-6-9-4-5-10(20-2)7-11(9)13(12)18/h4-5,7,12-13H,3,6,8,18H2,1-2H3. The highest BCUT2D eigenvalue weighted by Crippen LogP contribution is 2.36. The van der Waals surface area contributed by atoms with E-state index in [0.29, 0.717) is 18.7 Å². The van der Waals surface area contributed by atoms with E-state index in [0.717, 1.165) is 11.1 Å². The van der Waals surface area contributed by atoms with Crippen LogP contribution < -0.4 is 10.5 Å². The van der Waals surface area contributed by atoms with Crippen molar-refractivity contribution in [3.63, 3.8) is 0 Å². The van der Waals surface area contributed by atoms with Gasteiger partial charge in [0.05, 0.1) is 13.7 Å². The molecule has 0 bridgehead atoms. The molecule has 0 radical (unpaired) electrons. The minimum absolute atomic E-state index is 0.316. The molecule has 0 heterocycles. The third-order valence-electron chi connectivity index (χ3n) is 3.81. The minimum atomic E-state index is -4.21. The van der Waals surface area contributed by atoms with Crippen LogP contribution in [0.15, 0.2) is 18.2 Å². The first-order valence-corrected chi connectivity index (χ1v) is 6.59. The lowest BCUT2D eigenvalue weighted by atomic mass is 10.1. The number of benzene rings is 1. The third-order valence-corrected chi connectivity index (χ3v) is 3.81. The van der Waals surface area contributed by atoms with Crippen molar-refractivity contribution in [2.45, 2.75) is 31.6 Å². The number of likely N-dealkylation sites (N-methyl/N-ethyl adjacent to an activating group) is 1. The number of hydrogen-bond acceptors (Lipinski definition) is 3. The second kappa shape index (κ2) is 5.61. The summed E-state index contributed by atoms with van der Waals surface area (Å²) in [6.07, 6.45) is -3.66. The van der Waals surface area contributed by atoms with Gasteiger partial charge in [-0.1, -0.05) is 13.0 Å². The molecule has 0 aromatic heterocycles. The molecule has 0 amide bonds. The number of alkyl halides is 3. The van der Waals surface area contributed by atoms with Gasteiger partial charge in [0.25, 0.3) is 0 Å². The second-order valence-electron chi connectivity index (χ2n) is 5.04. The first-order valence-electron chi connectivity index (χ1n) is 6.59. The predicted octanol–water partition coefficient (Wildman–Crippen LogP) is 2.50. The molecule has 1 aliphatic carbocycles. The van der Waals surface area contributed by atoms with Crippen molar-refractivity contribution in [2.24, 2.45) is 5.73 Å². The molecule has 2 unspecified atom stereocenters. The van der Waals surface area contributed by atoms with Gasteiger partial charge in [-0.15, -0.1) is 0 Å². The zero-order chi connectivity index (χ0) is 14.9. The summed E-state index contributed by atoms with van der Waals surface area (Å²) < 4.78 is 43.0. The van der Waals surface area contributed by atoms with Gasteiger partial charge in [-0.2, -0.15) is 13.2 Å². The highest BCUT2D eigenvalue weighted by molar-refractivity contribution is 5.42. The molecule has 0 saturated carbocycles. The molecule has 2 atom stereocenters.